The smallest absolute Gasteiger partial charge is 0.273 e. The quantitative estimate of drug-likeness (QED) is 0.562. The molecule has 0 saturated carbocycles. The third-order valence-electron chi connectivity index (χ3n) is 2.70. The number of non-ortho nitro benzene ring substituents is 1. The van der Waals surface area contributed by atoms with Crippen molar-refractivity contribution in [2.24, 2.45) is 0 Å². The normalized spacial score (nSPS) is 10.7. The zero-order valence-electron chi connectivity index (χ0n) is 9.61. The number of phenols is 1. The second-order valence-corrected chi connectivity index (χ2v) is 3.98. The molecule has 1 heterocycles. The summed E-state index contributed by atoms with van der Waals surface area (Å²) in [4.78, 5) is 14.4. The van der Waals surface area contributed by atoms with Gasteiger partial charge in [-0.3, -0.25) is 10.1 Å². The summed E-state index contributed by atoms with van der Waals surface area (Å²) in [5, 5.41) is 19.9. The van der Waals surface area contributed by atoms with Gasteiger partial charge in [0.15, 0.2) is 5.58 Å². The Bertz CT molecular complexity index is 762. The fourth-order valence-corrected chi connectivity index (χ4v) is 1.75. The Kier molecular flexibility index (Phi) is 2.42. The van der Waals surface area contributed by atoms with Gasteiger partial charge in [0.25, 0.3) is 5.69 Å². The van der Waals surface area contributed by atoms with Crippen LogP contribution in [-0.2, 0) is 0 Å². The Morgan fingerprint density at radius 3 is 2.58 bits per heavy atom. The van der Waals surface area contributed by atoms with Crippen LogP contribution in [0.15, 0.2) is 46.9 Å². The molecule has 6 nitrogen and oxygen atoms in total. The van der Waals surface area contributed by atoms with Crippen LogP contribution in [0.1, 0.15) is 0 Å². The summed E-state index contributed by atoms with van der Waals surface area (Å²) in [5.41, 5.74) is 1.56. The lowest BCUT2D eigenvalue weighted by Gasteiger charge is -1.94. The van der Waals surface area contributed by atoms with Crippen LogP contribution in [0, 0.1) is 10.1 Å². The number of hydrogen-bond donors (Lipinski definition) is 1. The van der Waals surface area contributed by atoms with E-state index in [1.54, 1.807) is 18.2 Å². The third-order valence-corrected chi connectivity index (χ3v) is 2.70. The van der Waals surface area contributed by atoms with E-state index in [-0.39, 0.29) is 11.4 Å². The number of aromatic hydroxyl groups is 1. The van der Waals surface area contributed by atoms with E-state index in [1.165, 1.54) is 24.3 Å². The molecule has 0 fully saturated rings. The summed E-state index contributed by atoms with van der Waals surface area (Å²) in [6.45, 7) is 0. The van der Waals surface area contributed by atoms with E-state index in [0.717, 1.165) is 0 Å². The predicted octanol–water partition coefficient (Wildman–Crippen LogP) is 3.11. The SMILES string of the molecule is O=[N+]([O-])c1ccc2nc(-c3ccc(O)cc3)oc2c1. The van der Waals surface area contributed by atoms with Crippen molar-refractivity contribution in [1.82, 2.24) is 4.98 Å². The number of benzene rings is 2. The van der Waals surface area contributed by atoms with E-state index in [1.807, 2.05) is 0 Å². The second-order valence-electron chi connectivity index (χ2n) is 3.98. The van der Waals surface area contributed by atoms with Gasteiger partial charge in [0.1, 0.15) is 11.3 Å². The highest BCUT2D eigenvalue weighted by Gasteiger charge is 2.12. The van der Waals surface area contributed by atoms with E-state index < -0.39 is 4.92 Å². The fraction of sp³-hybridized carbons (Fsp3) is 0. The third kappa shape index (κ3) is 1.99. The maximum absolute atomic E-state index is 10.7. The van der Waals surface area contributed by atoms with E-state index >= 15 is 0 Å². The number of oxazole rings is 1. The number of rotatable bonds is 2. The highest BCUT2D eigenvalue weighted by Crippen LogP contribution is 2.27. The maximum atomic E-state index is 10.7. The fourth-order valence-electron chi connectivity index (χ4n) is 1.75. The molecular weight excluding hydrogens is 248 g/mol. The standard InChI is InChI=1S/C13H8N2O4/c16-10-4-1-8(2-5-10)13-14-11-6-3-9(15(17)18)7-12(11)19-13/h1-7,16H. The molecule has 3 rings (SSSR count). The van der Waals surface area contributed by atoms with Crippen molar-refractivity contribution in [1.29, 1.82) is 0 Å². The Morgan fingerprint density at radius 2 is 1.89 bits per heavy atom. The summed E-state index contributed by atoms with van der Waals surface area (Å²) in [6, 6.07) is 10.6. The number of hydrogen-bond acceptors (Lipinski definition) is 5. The minimum absolute atomic E-state index is 0.0408. The van der Waals surface area contributed by atoms with E-state index in [0.29, 0.717) is 22.6 Å². The number of nitro groups is 1. The number of aromatic nitrogens is 1. The van der Waals surface area contributed by atoms with Gasteiger partial charge in [-0.2, -0.15) is 0 Å². The lowest BCUT2D eigenvalue weighted by molar-refractivity contribution is -0.384. The van der Waals surface area contributed by atoms with Crippen molar-refractivity contribution in [3.05, 3.63) is 52.6 Å². The van der Waals surface area contributed by atoms with Gasteiger partial charge in [-0.1, -0.05) is 0 Å². The van der Waals surface area contributed by atoms with Crippen molar-refractivity contribution in [2.45, 2.75) is 0 Å². The van der Waals surface area contributed by atoms with Crippen LogP contribution in [-0.4, -0.2) is 15.0 Å². The molecule has 1 N–H and O–H groups in total. The van der Waals surface area contributed by atoms with Gasteiger partial charge < -0.3 is 9.52 Å². The van der Waals surface area contributed by atoms with Crippen LogP contribution < -0.4 is 0 Å². The molecule has 0 saturated heterocycles. The zero-order chi connectivity index (χ0) is 13.4. The number of phenolic OH excluding ortho intramolecular Hbond substituents is 1. The number of nitrogens with zero attached hydrogens (tertiary/aromatic N) is 2. The first-order chi connectivity index (χ1) is 9.13. The van der Waals surface area contributed by atoms with Crippen LogP contribution in [0.5, 0.6) is 5.75 Å². The topological polar surface area (TPSA) is 89.4 Å². The molecule has 2 aromatic carbocycles. The molecule has 94 valence electrons. The summed E-state index contributed by atoms with van der Waals surface area (Å²) < 4.78 is 5.49. The highest BCUT2D eigenvalue weighted by molar-refractivity contribution is 5.78. The molecule has 0 bridgehead atoms. The van der Waals surface area contributed by atoms with Gasteiger partial charge in [-0.25, -0.2) is 4.98 Å². The average molecular weight is 256 g/mol. The maximum Gasteiger partial charge on any atom is 0.273 e. The largest absolute Gasteiger partial charge is 0.508 e. The van der Waals surface area contributed by atoms with Crippen LogP contribution >= 0.6 is 0 Å². The van der Waals surface area contributed by atoms with Crippen molar-refractivity contribution >= 4 is 16.8 Å². The summed E-state index contributed by atoms with van der Waals surface area (Å²) in [7, 11) is 0. The number of fused-ring (bicyclic) bond motifs is 1. The molecule has 6 heteroatoms. The Balaban J connectivity index is 2.11. The predicted molar refractivity (Wildman–Crippen MR) is 67.8 cm³/mol. The molecule has 0 radical (unpaired) electrons. The zero-order valence-corrected chi connectivity index (χ0v) is 9.61. The van der Waals surface area contributed by atoms with Crippen LogP contribution in [0.25, 0.3) is 22.6 Å². The molecule has 0 aliphatic rings. The van der Waals surface area contributed by atoms with Crippen LogP contribution in [0.2, 0.25) is 0 Å². The van der Waals surface area contributed by atoms with Gasteiger partial charge >= 0.3 is 0 Å². The first-order valence-electron chi connectivity index (χ1n) is 5.48. The molecule has 0 aliphatic carbocycles. The Morgan fingerprint density at radius 1 is 1.16 bits per heavy atom. The van der Waals surface area contributed by atoms with E-state index in [4.69, 9.17) is 4.42 Å². The van der Waals surface area contributed by atoms with Gasteiger partial charge in [0, 0.05) is 11.6 Å². The molecule has 0 spiro atoms. The molecule has 3 aromatic rings. The monoisotopic (exact) mass is 256 g/mol. The Hall–Kier alpha value is -2.89. The van der Waals surface area contributed by atoms with Crippen LogP contribution in [0.3, 0.4) is 0 Å². The van der Waals surface area contributed by atoms with Crippen molar-refractivity contribution in [3.63, 3.8) is 0 Å². The first kappa shape index (κ1) is 11.2. The van der Waals surface area contributed by atoms with Crippen LogP contribution in [0.4, 0.5) is 5.69 Å². The van der Waals surface area contributed by atoms with Gasteiger partial charge in [-0.15, -0.1) is 0 Å². The van der Waals surface area contributed by atoms with Gasteiger partial charge in [-0.05, 0) is 30.3 Å². The minimum Gasteiger partial charge on any atom is -0.508 e. The molecule has 19 heavy (non-hydrogen) atoms. The first-order valence-corrected chi connectivity index (χ1v) is 5.48. The second kappa shape index (κ2) is 4.09. The lowest BCUT2D eigenvalue weighted by Crippen LogP contribution is -1.86. The Labute approximate surface area is 107 Å². The summed E-state index contributed by atoms with van der Waals surface area (Å²) >= 11 is 0. The molecule has 0 amide bonds. The minimum atomic E-state index is -0.484. The van der Waals surface area contributed by atoms with E-state index in [2.05, 4.69) is 4.98 Å². The molecule has 0 unspecified atom stereocenters. The average Bonchev–Trinajstić information content (AvgIpc) is 2.82. The molecular formula is C13H8N2O4. The molecule has 0 atom stereocenters. The van der Waals surface area contributed by atoms with Crippen molar-refractivity contribution < 1.29 is 14.4 Å². The van der Waals surface area contributed by atoms with Gasteiger partial charge in [0.05, 0.1) is 11.0 Å². The van der Waals surface area contributed by atoms with E-state index in [9.17, 15) is 15.2 Å². The summed E-state index contributed by atoms with van der Waals surface area (Å²) in [6.07, 6.45) is 0. The number of nitro benzene ring substituents is 1. The van der Waals surface area contributed by atoms with Crippen molar-refractivity contribution in [3.8, 4) is 17.2 Å². The highest BCUT2D eigenvalue weighted by atomic mass is 16.6. The molecule has 0 aliphatic heterocycles. The summed E-state index contributed by atoms with van der Waals surface area (Å²) in [5.74, 6) is 0.506. The van der Waals surface area contributed by atoms with Gasteiger partial charge in [0.2, 0.25) is 5.89 Å². The molecule has 1 aromatic heterocycles. The van der Waals surface area contributed by atoms with Crippen molar-refractivity contribution in [2.75, 3.05) is 0 Å². The lowest BCUT2D eigenvalue weighted by atomic mass is 10.2.